The van der Waals surface area contributed by atoms with E-state index in [1.807, 2.05) is 13.8 Å². The fraction of sp³-hybridized carbons (Fsp3) is 0.538. The van der Waals surface area contributed by atoms with Crippen molar-refractivity contribution in [2.75, 3.05) is 7.05 Å². The zero-order valence-corrected chi connectivity index (χ0v) is 12.9. The van der Waals surface area contributed by atoms with Crippen molar-refractivity contribution in [1.29, 1.82) is 0 Å². The number of rotatable bonds is 6. The van der Waals surface area contributed by atoms with Gasteiger partial charge in [0.05, 0.1) is 4.90 Å². The molecule has 108 valence electrons. The van der Waals surface area contributed by atoms with Crippen LogP contribution in [-0.4, -0.2) is 25.8 Å². The van der Waals surface area contributed by atoms with Crippen LogP contribution >= 0.6 is 11.6 Å². The molecular formula is C13H19ClFNO2S. The summed E-state index contributed by atoms with van der Waals surface area (Å²) in [6.07, 6.45) is 1.63. The molecule has 0 aliphatic rings. The van der Waals surface area contributed by atoms with E-state index >= 15 is 0 Å². The van der Waals surface area contributed by atoms with E-state index in [1.54, 1.807) is 0 Å². The van der Waals surface area contributed by atoms with Gasteiger partial charge in [0, 0.05) is 19.0 Å². The number of benzene rings is 1. The van der Waals surface area contributed by atoms with Crippen LogP contribution < -0.4 is 0 Å². The Hall–Kier alpha value is -0.650. The van der Waals surface area contributed by atoms with E-state index in [2.05, 4.69) is 0 Å². The van der Waals surface area contributed by atoms with Gasteiger partial charge in [-0.2, -0.15) is 4.31 Å². The topological polar surface area (TPSA) is 37.4 Å². The first kappa shape index (κ1) is 16.4. The van der Waals surface area contributed by atoms with Gasteiger partial charge in [-0.15, -0.1) is 11.6 Å². The molecule has 0 N–H and O–H groups in total. The molecule has 0 aromatic heterocycles. The molecule has 0 amide bonds. The molecule has 0 saturated carbocycles. The lowest BCUT2D eigenvalue weighted by atomic mass is 10.2. The van der Waals surface area contributed by atoms with Crippen LogP contribution in [0.15, 0.2) is 23.1 Å². The summed E-state index contributed by atoms with van der Waals surface area (Å²) >= 11 is 5.73. The number of halogens is 2. The first-order valence-corrected chi connectivity index (χ1v) is 8.14. The Morgan fingerprint density at radius 3 is 2.58 bits per heavy atom. The van der Waals surface area contributed by atoms with Gasteiger partial charge < -0.3 is 0 Å². The number of hydrogen-bond acceptors (Lipinski definition) is 2. The predicted octanol–water partition coefficient (Wildman–Crippen LogP) is 3.37. The van der Waals surface area contributed by atoms with Crippen molar-refractivity contribution in [3.05, 3.63) is 29.6 Å². The fourth-order valence-electron chi connectivity index (χ4n) is 1.87. The van der Waals surface area contributed by atoms with E-state index in [0.29, 0.717) is 5.56 Å². The molecule has 19 heavy (non-hydrogen) atoms. The smallest absolute Gasteiger partial charge is 0.207 e. The summed E-state index contributed by atoms with van der Waals surface area (Å²) in [5, 5.41) is 0. The highest BCUT2D eigenvalue weighted by molar-refractivity contribution is 7.89. The highest BCUT2D eigenvalue weighted by Gasteiger charge is 2.27. The predicted molar refractivity (Wildman–Crippen MR) is 75.3 cm³/mol. The largest absolute Gasteiger partial charge is 0.243 e. The van der Waals surface area contributed by atoms with Crippen LogP contribution in [0.1, 0.15) is 32.3 Å². The molecule has 0 radical (unpaired) electrons. The standard InChI is InChI=1S/C13H19ClFNO2S/c1-4-5-10(2)16(3)19(17,18)13-8-12(15)7-6-11(13)9-14/h6-8,10H,4-5,9H2,1-3H3. The maximum absolute atomic E-state index is 13.3. The minimum atomic E-state index is -3.72. The third-order valence-electron chi connectivity index (χ3n) is 3.16. The first-order chi connectivity index (χ1) is 8.84. The second-order valence-corrected chi connectivity index (χ2v) is 6.78. The van der Waals surface area contributed by atoms with Crippen molar-refractivity contribution in [3.8, 4) is 0 Å². The highest BCUT2D eigenvalue weighted by atomic mass is 35.5. The molecule has 0 saturated heterocycles. The van der Waals surface area contributed by atoms with Crippen molar-refractivity contribution in [1.82, 2.24) is 4.31 Å². The Morgan fingerprint density at radius 1 is 1.42 bits per heavy atom. The van der Waals surface area contributed by atoms with Crippen LogP contribution in [-0.2, 0) is 15.9 Å². The van der Waals surface area contributed by atoms with E-state index < -0.39 is 15.8 Å². The van der Waals surface area contributed by atoms with Crippen LogP contribution in [0.4, 0.5) is 4.39 Å². The Morgan fingerprint density at radius 2 is 2.05 bits per heavy atom. The molecule has 1 unspecified atom stereocenters. The lowest BCUT2D eigenvalue weighted by molar-refractivity contribution is 0.368. The molecule has 0 aliphatic carbocycles. The summed E-state index contributed by atoms with van der Waals surface area (Å²) in [6.45, 7) is 3.82. The molecule has 1 rings (SSSR count). The fourth-order valence-corrected chi connectivity index (χ4v) is 3.81. The van der Waals surface area contributed by atoms with Crippen molar-refractivity contribution in [2.24, 2.45) is 0 Å². The van der Waals surface area contributed by atoms with Gasteiger partial charge in [0.25, 0.3) is 0 Å². The van der Waals surface area contributed by atoms with Crippen LogP contribution in [0.25, 0.3) is 0 Å². The first-order valence-electron chi connectivity index (χ1n) is 6.17. The van der Waals surface area contributed by atoms with Gasteiger partial charge in [-0.1, -0.05) is 19.4 Å². The molecule has 0 spiro atoms. The Bertz CT molecular complexity index is 533. The van der Waals surface area contributed by atoms with Crippen molar-refractivity contribution in [2.45, 2.75) is 43.5 Å². The van der Waals surface area contributed by atoms with Crippen molar-refractivity contribution < 1.29 is 12.8 Å². The molecule has 0 heterocycles. The SMILES string of the molecule is CCCC(C)N(C)S(=O)(=O)c1cc(F)ccc1CCl. The van der Waals surface area contributed by atoms with Crippen molar-refractivity contribution in [3.63, 3.8) is 0 Å². The number of alkyl halides is 1. The molecule has 0 bridgehead atoms. The van der Waals surface area contributed by atoms with E-state index in [9.17, 15) is 12.8 Å². The zero-order chi connectivity index (χ0) is 14.6. The van der Waals surface area contributed by atoms with E-state index in [4.69, 9.17) is 11.6 Å². The van der Waals surface area contributed by atoms with E-state index in [0.717, 1.165) is 18.9 Å². The van der Waals surface area contributed by atoms with Crippen LogP contribution in [0.3, 0.4) is 0 Å². The van der Waals surface area contributed by atoms with Gasteiger partial charge in [-0.25, -0.2) is 12.8 Å². The molecule has 1 aromatic rings. The maximum atomic E-state index is 13.3. The minimum absolute atomic E-state index is 0.0326. The van der Waals surface area contributed by atoms with E-state index in [1.165, 1.54) is 23.5 Å². The molecule has 1 atom stereocenters. The quantitative estimate of drug-likeness (QED) is 0.756. The molecule has 1 aromatic carbocycles. The maximum Gasteiger partial charge on any atom is 0.243 e. The Labute approximate surface area is 119 Å². The summed E-state index contributed by atoms with van der Waals surface area (Å²) in [6, 6.07) is 3.52. The van der Waals surface area contributed by atoms with Gasteiger partial charge in [0.1, 0.15) is 5.82 Å². The monoisotopic (exact) mass is 307 g/mol. The second-order valence-electron chi connectivity index (χ2n) is 4.54. The minimum Gasteiger partial charge on any atom is -0.207 e. The van der Waals surface area contributed by atoms with Gasteiger partial charge in [-0.3, -0.25) is 0 Å². The third-order valence-corrected chi connectivity index (χ3v) is 5.50. The Kier molecular flexibility index (Phi) is 5.77. The highest BCUT2D eigenvalue weighted by Crippen LogP contribution is 2.24. The van der Waals surface area contributed by atoms with Gasteiger partial charge in [0.2, 0.25) is 10.0 Å². The second kappa shape index (κ2) is 6.68. The normalized spacial score (nSPS) is 13.8. The number of hydrogen-bond donors (Lipinski definition) is 0. The lowest BCUT2D eigenvalue weighted by Gasteiger charge is -2.25. The van der Waals surface area contributed by atoms with E-state index in [-0.39, 0.29) is 16.8 Å². The Balaban J connectivity index is 3.23. The van der Waals surface area contributed by atoms with Gasteiger partial charge in [0.15, 0.2) is 0 Å². The summed E-state index contributed by atoms with van der Waals surface area (Å²) in [5.41, 5.74) is 0.415. The molecule has 0 aliphatic heterocycles. The van der Waals surface area contributed by atoms with Crippen LogP contribution in [0.5, 0.6) is 0 Å². The summed E-state index contributed by atoms with van der Waals surface area (Å²) in [7, 11) is -2.20. The lowest BCUT2D eigenvalue weighted by Crippen LogP contribution is -2.35. The van der Waals surface area contributed by atoms with Gasteiger partial charge in [-0.05, 0) is 31.0 Å². The average Bonchev–Trinajstić information content (AvgIpc) is 2.38. The van der Waals surface area contributed by atoms with Crippen LogP contribution in [0.2, 0.25) is 0 Å². The summed E-state index contributed by atoms with van der Waals surface area (Å²) in [4.78, 5) is -0.0482. The van der Waals surface area contributed by atoms with Crippen LogP contribution in [0, 0.1) is 5.82 Å². The summed E-state index contributed by atoms with van der Waals surface area (Å²) in [5.74, 6) is -0.547. The average molecular weight is 308 g/mol. The molecular weight excluding hydrogens is 289 g/mol. The molecule has 6 heteroatoms. The number of nitrogens with zero attached hydrogens (tertiary/aromatic N) is 1. The molecule has 0 fully saturated rings. The van der Waals surface area contributed by atoms with Crippen molar-refractivity contribution >= 4 is 21.6 Å². The zero-order valence-electron chi connectivity index (χ0n) is 11.4. The third kappa shape index (κ3) is 3.68. The summed E-state index contributed by atoms with van der Waals surface area (Å²) < 4.78 is 39.5. The molecule has 3 nitrogen and oxygen atoms in total. The van der Waals surface area contributed by atoms with Gasteiger partial charge >= 0.3 is 0 Å². The number of sulfonamides is 1.